The molecule has 336 valence electrons. The summed E-state index contributed by atoms with van der Waals surface area (Å²) in [6.07, 6.45) is 14.0. The Bertz CT molecular complexity index is 2320. The molecule has 7 rings (SSSR count). The Kier molecular flexibility index (Phi) is 17.7. The first-order valence-corrected chi connectivity index (χ1v) is 24.1. The van der Waals surface area contributed by atoms with Crippen LogP contribution < -0.4 is 25.9 Å². The molecule has 4 aromatic rings. The smallest absolute Gasteiger partial charge is 0.303 e. The maximum atomic E-state index is 12.4. The summed E-state index contributed by atoms with van der Waals surface area (Å²) in [4.78, 5) is 57.2. The summed E-state index contributed by atoms with van der Waals surface area (Å²) in [5, 5.41) is 6.59. The number of carbonyl (C=O) groups excluding carboxylic acids is 3. The maximum Gasteiger partial charge on any atom is 0.303 e. The van der Waals surface area contributed by atoms with Crippen LogP contribution in [-0.4, -0.2) is 84.6 Å². The van der Waals surface area contributed by atoms with Crippen molar-refractivity contribution >= 4 is 55.9 Å². The number of thiazole rings is 1. The van der Waals surface area contributed by atoms with E-state index in [9.17, 15) is 27.6 Å². The Morgan fingerprint density at radius 3 is 2.45 bits per heavy atom. The average Bonchev–Trinajstić information content (AvgIpc) is 3.59. The Balaban J connectivity index is 0.000000177. The Hall–Kier alpha value is -5.06. The van der Waals surface area contributed by atoms with Gasteiger partial charge in [-0.25, -0.2) is 9.71 Å². The number of carbonyl (C=O) groups is 3. The molecule has 2 unspecified atom stereocenters. The van der Waals surface area contributed by atoms with Crippen molar-refractivity contribution in [2.24, 2.45) is 17.6 Å². The van der Waals surface area contributed by atoms with Crippen LogP contribution in [0.3, 0.4) is 0 Å². The zero-order chi connectivity index (χ0) is 44.8. The van der Waals surface area contributed by atoms with Crippen molar-refractivity contribution in [3.63, 3.8) is 0 Å². The van der Waals surface area contributed by atoms with Gasteiger partial charge >= 0.3 is 10.2 Å². The number of nitrogens with zero attached hydrogens (tertiary/aromatic N) is 3. The molecule has 14 nitrogen and oxygen atoms in total. The molecule has 3 fully saturated rings. The summed E-state index contributed by atoms with van der Waals surface area (Å²) in [6, 6.07) is 14.3. The van der Waals surface area contributed by atoms with E-state index in [0.29, 0.717) is 37.4 Å². The van der Waals surface area contributed by atoms with Crippen LogP contribution in [0.15, 0.2) is 70.9 Å². The van der Waals surface area contributed by atoms with Gasteiger partial charge in [-0.2, -0.15) is 12.7 Å². The van der Waals surface area contributed by atoms with E-state index in [0.717, 1.165) is 77.4 Å². The van der Waals surface area contributed by atoms with E-state index in [-0.39, 0.29) is 35.6 Å². The molecule has 4 heterocycles. The van der Waals surface area contributed by atoms with Gasteiger partial charge < -0.3 is 25.7 Å². The van der Waals surface area contributed by atoms with E-state index in [1.54, 1.807) is 35.5 Å². The molecule has 0 spiro atoms. The third-order valence-corrected chi connectivity index (χ3v) is 13.7. The van der Waals surface area contributed by atoms with Crippen molar-refractivity contribution in [3.8, 4) is 16.5 Å². The normalized spacial score (nSPS) is 18.7. The Morgan fingerprint density at radius 2 is 1.79 bits per heavy atom. The number of hydrogen-bond donors (Lipinski definition) is 4. The summed E-state index contributed by atoms with van der Waals surface area (Å²) in [7, 11) is -2.00. The number of likely N-dealkylation sites (tertiary alicyclic amines) is 1. The molecule has 3 amide bonds. The third-order valence-electron chi connectivity index (χ3n) is 11.3. The number of pyridine rings is 1. The molecule has 1 saturated carbocycles. The second-order valence-electron chi connectivity index (χ2n) is 16.3. The predicted octanol–water partition coefficient (Wildman–Crippen LogP) is 7.27. The van der Waals surface area contributed by atoms with Gasteiger partial charge in [0.15, 0.2) is 5.43 Å². The number of nitrogens with one attached hydrogen (secondary N) is 3. The summed E-state index contributed by atoms with van der Waals surface area (Å²) in [5.41, 5.74) is 9.70. The summed E-state index contributed by atoms with van der Waals surface area (Å²) < 4.78 is 33.3. The minimum absolute atomic E-state index is 0.00389. The molecule has 3 atom stereocenters. The minimum atomic E-state index is -3.63. The predicted molar refractivity (Wildman–Crippen MR) is 247 cm³/mol. The van der Waals surface area contributed by atoms with Crippen LogP contribution in [0.25, 0.3) is 21.6 Å². The summed E-state index contributed by atoms with van der Waals surface area (Å²) in [6.45, 7) is 10.2. The first-order chi connectivity index (χ1) is 29.7. The lowest BCUT2D eigenvalue weighted by atomic mass is 10.1. The van der Waals surface area contributed by atoms with Crippen molar-refractivity contribution in [2.75, 3.05) is 38.6 Å². The zero-order valence-electron chi connectivity index (χ0n) is 36.7. The summed E-state index contributed by atoms with van der Waals surface area (Å²) in [5.74, 6) is 0.357. The molecular weight excluding hydrogens is 827 g/mol. The minimum Gasteiger partial charge on any atom is -0.496 e. The number of allylic oxidation sites excluding steroid dienone is 2. The number of hydrogen-bond acceptors (Lipinski definition) is 10. The number of fused-ring (bicyclic) bond motifs is 1. The van der Waals surface area contributed by atoms with Crippen LogP contribution in [0.4, 0.5) is 5.69 Å². The SMILES string of the molecule is CCCCC/C=C\C1C[C@@H]1C(=O)NS(=O)(=O)N1CCCCC1.COc1ccc2c(=O)cc(-c3nc(C(C)C)cs3)[nH]c2c1C.NC(=O)C1CCCN1C(=O)CNc1ccccc1. The number of anilines is 1. The van der Waals surface area contributed by atoms with Gasteiger partial charge in [-0.1, -0.05) is 70.4 Å². The van der Waals surface area contributed by atoms with Gasteiger partial charge in [-0.05, 0) is 88.0 Å². The molecule has 5 N–H and O–H groups in total. The van der Waals surface area contributed by atoms with E-state index in [1.807, 2.05) is 48.7 Å². The summed E-state index contributed by atoms with van der Waals surface area (Å²) >= 11 is 1.55. The highest BCUT2D eigenvalue weighted by Gasteiger charge is 2.43. The zero-order valence-corrected chi connectivity index (χ0v) is 38.3. The van der Waals surface area contributed by atoms with Crippen molar-refractivity contribution in [2.45, 2.75) is 104 Å². The molecule has 2 aliphatic heterocycles. The highest BCUT2D eigenvalue weighted by Crippen LogP contribution is 2.40. The van der Waals surface area contributed by atoms with Gasteiger partial charge in [-0.15, -0.1) is 11.3 Å². The molecule has 2 saturated heterocycles. The maximum absolute atomic E-state index is 12.4. The molecule has 0 bridgehead atoms. The highest BCUT2D eigenvalue weighted by atomic mass is 32.2. The number of unbranched alkanes of at least 4 members (excludes halogenated alkanes) is 3. The van der Waals surface area contributed by atoms with Gasteiger partial charge in [0.25, 0.3) is 0 Å². The molecule has 62 heavy (non-hydrogen) atoms. The molecule has 16 heteroatoms. The molecular formula is C46H63N7O7S2. The number of H-pyrrole nitrogens is 1. The second-order valence-corrected chi connectivity index (χ2v) is 18.9. The molecule has 0 radical (unpaired) electrons. The number of aromatic amines is 1. The average molecular weight is 890 g/mol. The number of aromatic nitrogens is 2. The number of aryl methyl sites for hydroxylation is 1. The van der Waals surface area contributed by atoms with Gasteiger partial charge in [0.05, 0.1) is 30.6 Å². The van der Waals surface area contributed by atoms with Crippen molar-refractivity contribution in [3.05, 3.63) is 87.5 Å². The Morgan fingerprint density at radius 1 is 1.05 bits per heavy atom. The van der Waals surface area contributed by atoms with E-state index >= 15 is 0 Å². The van der Waals surface area contributed by atoms with E-state index in [2.05, 4.69) is 52.9 Å². The van der Waals surface area contributed by atoms with Gasteiger partial charge in [0, 0.05) is 53.6 Å². The fraction of sp³-hybridized carbons (Fsp3) is 0.500. The first kappa shape index (κ1) is 48.0. The lowest BCUT2D eigenvalue weighted by Crippen LogP contribution is -2.46. The number of rotatable bonds is 15. The van der Waals surface area contributed by atoms with Crippen LogP contribution in [-0.2, 0) is 24.6 Å². The topological polar surface area (TPSA) is 197 Å². The van der Waals surface area contributed by atoms with Crippen LogP contribution in [0.2, 0.25) is 0 Å². The van der Waals surface area contributed by atoms with E-state index < -0.39 is 22.2 Å². The van der Waals surface area contributed by atoms with Crippen molar-refractivity contribution in [1.82, 2.24) is 23.9 Å². The number of methoxy groups -OCH3 is 1. The van der Waals surface area contributed by atoms with Gasteiger partial charge in [-0.3, -0.25) is 19.2 Å². The highest BCUT2D eigenvalue weighted by molar-refractivity contribution is 7.87. The van der Waals surface area contributed by atoms with E-state index in [4.69, 9.17) is 10.5 Å². The van der Waals surface area contributed by atoms with Crippen molar-refractivity contribution < 1.29 is 27.5 Å². The second kappa shape index (κ2) is 22.9. The third kappa shape index (κ3) is 13.2. The largest absolute Gasteiger partial charge is 0.496 e. The van der Waals surface area contributed by atoms with Crippen LogP contribution in [0, 0.1) is 18.8 Å². The monoisotopic (exact) mass is 889 g/mol. The molecule has 1 aliphatic carbocycles. The van der Waals surface area contributed by atoms with Crippen LogP contribution in [0.5, 0.6) is 5.75 Å². The quantitative estimate of drug-likeness (QED) is 0.0701. The van der Waals surface area contributed by atoms with E-state index in [1.165, 1.54) is 23.6 Å². The lowest BCUT2D eigenvalue weighted by molar-refractivity contribution is -0.135. The lowest BCUT2D eigenvalue weighted by Gasteiger charge is -2.25. The van der Waals surface area contributed by atoms with Crippen molar-refractivity contribution in [1.29, 1.82) is 0 Å². The fourth-order valence-corrected chi connectivity index (χ4v) is 9.76. The first-order valence-electron chi connectivity index (χ1n) is 21.8. The molecule has 3 aliphatic rings. The number of para-hydroxylation sites is 1. The Labute approximate surface area is 369 Å². The van der Waals surface area contributed by atoms with Crippen LogP contribution in [0.1, 0.15) is 102 Å². The number of nitrogens with two attached hydrogens (primary N) is 1. The number of amides is 3. The number of ether oxygens (including phenoxy) is 1. The van der Waals surface area contributed by atoms with Gasteiger partial charge in [0.1, 0.15) is 16.8 Å². The molecule has 2 aromatic heterocycles. The number of primary amides is 1. The molecule has 2 aromatic carbocycles. The fourth-order valence-electron chi connectivity index (χ4n) is 7.53. The van der Waals surface area contributed by atoms with Gasteiger partial charge in [0.2, 0.25) is 17.7 Å². The number of benzene rings is 2. The number of piperidine rings is 1. The standard InChI is InChI=1S/C17H18N2O2S.C16H28N2O3S.C13H17N3O2/c1-9(2)13-8-22-17(19-13)12-7-14(20)11-5-6-15(21-4)10(3)16(11)18-12;1-2-3-4-5-7-10-14-13-15(14)16(19)17-22(20,21)18-11-8-6-9-12-18;14-13(18)11-7-4-8-16(11)12(17)9-15-10-5-2-1-3-6-10/h5-9H,1-4H3,(H,18,20);7,10,14-15H,2-6,8-9,11-13H2,1H3,(H,17,19);1-3,5-6,11,15H,4,7-9H2,(H2,14,18)/b;10-7-;/t;14?,15-;/m.0./s1. The van der Waals surface area contributed by atoms with Crippen LogP contribution >= 0.6 is 11.3 Å².